The molecule has 0 aliphatic heterocycles. The maximum atomic E-state index is 13.9. The number of carbonyl (C=O) groups is 2. The zero-order chi connectivity index (χ0) is 17.3. The molecule has 1 amide bonds. The van der Waals surface area contributed by atoms with E-state index in [-0.39, 0.29) is 5.02 Å². The van der Waals surface area contributed by atoms with Crippen LogP contribution in [0.3, 0.4) is 0 Å². The molecule has 1 N–H and O–H groups in total. The summed E-state index contributed by atoms with van der Waals surface area (Å²) in [6.07, 6.45) is 0. The molecule has 0 aromatic heterocycles. The monoisotopic (exact) mass is 337 g/mol. The van der Waals surface area contributed by atoms with Gasteiger partial charge in [0.05, 0.1) is 18.4 Å². The van der Waals surface area contributed by atoms with Crippen molar-refractivity contribution >= 4 is 29.2 Å². The zero-order valence-electron chi connectivity index (χ0n) is 12.4. The Hall–Kier alpha value is -1.76. The Kier molecular flexibility index (Phi) is 5.12. The summed E-state index contributed by atoms with van der Waals surface area (Å²) in [5, 5.41) is 2.20. The largest absolute Gasteiger partial charge is 0.496 e. The second kappa shape index (κ2) is 6.16. The molecule has 0 atom stereocenters. The van der Waals surface area contributed by atoms with Crippen molar-refractivity contribution in [3.05, 3.63) is 22.7 Å². The molecule has 0 saturated carbocycles. The van der Waals surface area contributed by atoms with E-state index >= 15 is 0 Å². The van der Waals surface area contributed by atoms with Crippen LogP contribution in [0.25, 0.3) is 0 Å². The maximum Gasteiger partial charge on any atom is 0.375 e. The minimum Gasteiger partial charge on any atom is -0.496 e. The molecule has 8 heteroatoms. The Morgan fingerprint density at radius 1 is 1.23 bits per heavy atom. The van der Waals surface area contributed by atoms with Gasteiger partial charge >= 0.3 is 12.0 Å². The fraction of sp³-hybridized carbons (Fsp3) is 0.429. The first-order valence-electron chi connectivity index (χ1n) is 6.18. The number of halogens is 4. The Morgan fingerprint density at radius 2 is 1.77 bits per heavy atom. The van der Waals surface area contributed by atoms with Crippen molar-refractivity contribution in [2.45, 2.75) is 26.7 Å². The number of carbonyl (C=O) groups excluding carboxylic acids is 2. The van der Waals surface area contributed by atoms with Crippen LogP contribution in [0.2, 0.25) is 5.02 Å². The van der Waals surface area contributed by atoms with Crippen molar-refractivity contribution in [2.24, 2.45) is 5.41 Å². The number of anilines is 1. The standard InChI is InChI=1S/C14H15ClF3NO3/c1-13(2,3)12(21)19-8-5-7(15)6-9(22-4)10(8)14(17,18)11(16)20/h5-6H,1-4H3,(H,19,21). The van der Waals surface area contributed by atoms with Crippen molar-refractivity contribution in [1.82, 2.24) is 0 Å². The van der Waals surface area contributed by atoms with Gasteiger partial charge in [0.15, 0.2) is 0 Å². The van der Waals surface area contributed by atoms with Crippen molar-refractivity contribution in [3.63, 3.8) is 0 Å². The lowest BCUT2D eigenvalue weighted by Gasteiger charge is -2.23. The number of rotatable bonds is 4. The van der Waals surface area contributed by atoms with E-state index in [1.165, 1.54) is 0 Å². The van der Waals surface area contributed by atoms with Crippen molar-refractivity contribution in [1.29, 1.82) is 0 Å². The van der Waals surface area contributed by atoms with Crippen LogP contribution >= 0.6 is 11.6 Å². The number of hydrogen-bond acceptors (Lipinski definition) is 3. The Bertz CT molecular complexity index is 612. The third kappa shape index (κ3) is 3.71. The highest BCUT2D eigenvalue weighted by Gasteiger charge is 2.46. The first-order chi connectivity index (χ1) is 9.91. The van der Waals surface area contributed by atoms with E-state index in [1.807, 2.05) is 0 Å². The molecule has 4 nitrogen and oxygen atoms in total. The van der Waals surface area contributed by atoms with Gasteiger partial charge in [-0.05, 0) is 12.1 Å². The number of amides is 1. The molecule has 1 aromatic carbocycles. The normalized spacial score (nSPS) is 12.0. The van der Waals surface area contributed by atoms with Gasteiger partial charge in [0.2, 0.25) is 5.91 Å². The second-order valence-corrected chi connectivity index (χ2v) is 6.02. The molecule has 0 fully saturated rings. The molecule has 0 unspecified atom stereocenters. The first-order valence-corrected chi connectivity index (χ1v) is 6.56. The molecule has 122 valence electrons. The molecule has 0 saturated heterocycles. The van der Waals surface area contributed by atoms with Crippen LogP contribution in [0.5, 0.6) is 5.75 Å². The lowest BCUT2D eigenvalue weighted by atomic mass is 9.95. The van der Waals surface area contributed by atoms with Crippen LogP contribution in [0.1, 0.15) is 26.3 Å². The van der Waals surface area contributed by atoms with Gasteiger partial charge in [-0.3, -0.25) is 9.59 Å². The smallest absolute Gasteiger partial charge is 0.375 e. The van der Waals surface area contributed by atoms with Crippen LogP contribution < -0.4 is 10.1 Å². The number of ether oxygens (including phenoxy) is 1. The van der Waals surface area contributed by atoms with Gasteiger partial charge in [0.1, 0.15) is 5.75 Å². The summed E-state index contributed by atoms with van der Waals surface area (Å²) in [6, 6.07) is -0.861. The lowest BCUT2D eigenvalue weighted by molar-refractivity contribution is -0.157. The topological polar surface area (TPSA) is 55.4 Å². The summed E-state index contributed by atoms with van der Waals surface area (Å²) in [5.74, 6) is -5.59. The summed E-state index contributed by atoms with van der Waals surface area (Å²) < 4.78 is 45.2. The number of benzene rings is 1. The Labute approximate surface area is 130 Å². The highest BCUT2D eigenvalue weighted by Crippen LogP contribution is 2.43. The first kappa shape index (κ1) is 18.3. The molecular weight excluding hydrogens is 323 g/mol. The highest BCUT2D eigenvalue weighted by molar-refractivity contribution is 6.31. The summed E-state index contributed by atoms with van der Waals surface area (Å²) >= 11 is 5.77. The molecule has 0 aliphatic rings. The number of nitrogens with one attached hydrogen (secondary N) is 1. The predicted molar refractivity (Wildman–Crippen MR) is 76.1 cm³/mol. The van der Waals surface area contributed by atoms with Gasteiger partial charge in [-0.2, -0.15) is 13.2 Å². The third-order valence-electron chi connectivity index (χ3n) is 2.78. The lowest BCUT2D eigenvalue weighted by Crippen LogP contribution is -2.30. The van der Waals surface area contributed by atoms with Crippen LogP contribution in [0.4, 0.5) is 18.9 Å². The Morgan fingerprint density at radius 3 is 2.18 bits per heavy atom. The molecule has 1 rings (SSSR count). The summed E-state index contributed by atoms with van der Waals surface area (Å²) in [5.41, 5.74) is -2.47. The van der Waals surface area contributed by atoms with Crippen molar-refractivity contribution in [3.8, 4) is 5.75 Å². The van der Waals surface area contributed by atoms with Gasteiger partial charge in [0.25, 0.3) is 0 Å². The summed E-state index contributed by atoms with van der Waals surface area (Å²) in [6.45, 7) is 4.67. The summed E-state index contributed by atoms with van der Waals surface area (Å²) in [7, 11) is 1.06. The van der Waals surface area contributed by atoms with E-state index < -0.39 is 40.3 Å². The SMILES string of the molecule is COc1cc(Cl)cc(NC(=O)C(C)(C)C)c1C(F)(F)C(=O)F. The van der Waals surface area contributed by atoms with Gasteiger partial charge in [-0.1, -0.05) is 32.4 Å². The van der Waals surface area contributed by atoms with Crippen LogP contribution in [-0.2, 0) is 15.5 Å². The molecule has 1 aromatic rings. The van der Waals surface area contributed by atoms with E-state index in [1.54, 1.807) is 20.8 Å². The molecule has 0 bridgehead atoms. The molecule has 22 heavy (non-hydrogen) atoms. The fourth-order valence-electron chi connectivity index (χ4n) is 1.57. The van der Waals surface area contributed by atoms with Gasteiger partial charge < -0.3 is 10.1 Å². The highest BCUT2D eigenvalue weighted by atomic mass is 35.5. The van der Waals surface area contributed by atoms with Crippen LogP contribution in [0, 0.1) is 5.41 Å². The van der Waals surface area contributed by atoms with E-state index in [4.69, 9.17) is 16.3 Å². The molecule has 0 aliphatic carbocycles. The quantitative estimate of drug-likeness (QED) is 0.847. The summed E-state index contributed by atoms with van der Waals surface area (Å²) in [4.78, 5) is 22.6. The third-order valence-corrected chi connectivity index (χ3v) is 3.00. The van der Waals surface area contributed by atoms with Crippen molar-refractivity contribution in [2.75, 3.05) is 12.4 Å². The van der Waals surface area contributed by atoms with Crippen molar-refractivity contribution < 1.29 is 27.5 Å². The minimum atomic E-state index is -4.48. The van der Waals surface area contributed by atoms with E-state index in [9.17, 15) is 22.8 Å². The number of alkyl halides is 2. The van der Waals surface area contributed by atoms with Gasteiger partial charge in [0, 0.05) is 10.4 Å². The number of methoxy groups -OCH3 is 1. The van der Waals surface area contributed by atoms with E-state index in [0.717, 1.165) is 19.2 Å². The molecular formula is C14H15ClF3NO3. The van der Waals surface area contributed by atoms with Gasteiger partial charge in [-0.15, -0.1) is 0 Å². The number of hydrogen-bond donors (Lipinski definition) is 1. The average molecular weight is 338 g/mol. The molecule has 0 spiro atoms. The maximum absolute atomic E-state index is 13.9. The van der Waals surface area contributed by atoms with E-state index in [2.05, 4.69) is 5.32 Å². The van der Waals surface area contributed by atoms with Crippen LogP contribution in [-0.4, -0.2) is 19.1 Å². The van der Waals surface area contributed by atoms with Crippen LogP contribution in [0.15, 0.2) is 12.1 Å². The second-order valence-electron chi connectivity index (χ2n) is 5.58. The molecule has 0 heterocycles. The zero-order valence-corrected chi connectivity index (χ0v) is 13.1. The van der Waals surface area contributed by atoms with Gasteiger partial charge in [-0.25, -0.2) is 0 Å². The fourth-order valence-corrected chi connectivity index (χ4v) is 1.78. The Balaban J connectivity index is 3.53. The predicted octanol–water partition coefficient (Wildman–Crippen LogP) is 3.92. The average Bonchev–Trinajstić information content (AvgIpc) is 2.35. The molecule has 0 radical (unpaired) electrons. The van der Waals surface area contributed by atoms with E-state index in [0.29, 0.717) is 0 Å². The minimum absolute atomic E-state index is 0.0214.